The molecule has 6 nitrogen and oxygen atoms in total. The zero-order valence-corrected chi connectivity index (χ0v) is 13.0. The van der Waals surface area contributed by atoms with Crippen molar-refractivity contribution in [1.82, 2.24) is 9.38 Å². The van der Waals surface area contributed by atoms with Crippen LogP contribution in [0.4, 0.5) is 5.82 Å². The summed E-state index contributed by atoms with van der Waals surface area (Å²) in [6, 6.07) is 7.02. The average Bonchev–Trinajstić information content (AvgIpc) is 2.83. The second-order valence-corrected chi connectivity index (χ2v) is 5.57. The summed E-state index contributed by atoms with van der Waals surface area (Å²) < 4.78 is 1.42. The lowest BCUT2D eigenvalue weighted by atomic mass is 9.97. The largest absolute Gasteiger partial charge is 0.478 e. The number of carbonyl (C=O) groups is 1. The minimum absolute atomic E-state index is 0.0334. The van der Waals surface area contributed by atoms with E-state index >= 15 is 0 Å². The van der Waals surface area contributed by atoms with Gasteiger partial charge in [0.15, 0.2) is 5.65 Å². The molecule has 0 atom stereocenters. The van der Waals surface area contributed by atoms with Crippen molar-refractivity contribution in [2.75, 3.05) is 0 Å². The van der Waals surface area contributed by atoms with E-state index in [1.165, 1.54) is 10.5 Å². The fourth-order valence-electron chi connectivity index (χ4n) is 3.03. The van der Waals surface area contributed by atoms with Crippen LogP contribution in [0.15, 0.2) is 35.6 Å². The van der Waals surface area contributed by atoms with Crippen molar-refractivity contribution in [3.8, 4) is 11.3 Å². The molecule has 3 aromatic rings. The molecule has 0 unspecified atom stereocenters. The highest BCUT2D eigenvalue weighted by molar-refractivity contribution is 5.96. The number of hydrogen-bond donors (Lipinski definition) is 1. The van der Waals surface area contributed by atoms with Crippen molar-refractivity contribution < 1.29 is 9.90 Å². The molecule has 1 N–H and O–H groups in total. The second kappa shape index (κ2) is 5.31. The van der Waals surface area contributed by atoms with Crippen LogP contribution in [0.2, 0.25) is 0 Å². The molecule has 3 rings (SSSR count). The Morgan fingerprint density at radius 1 is 1.22 bits per heavy atom. The molecule has 0 saturated carbocycles. The van der Waals surface area contributed by atoms with E-state index in [2.05, 4.69) is 10.2 Å². The monoisotopic (exact) mass is 309 g/mol. The van der Waals surface area contributed by atoms with Gasteiger partial charge in [0.25, 0.3) is 0 Å². The number of carboxylic acids is 1. The summed E-state index contributed by atoms with van der Waals surface area (Å²) in [6.45, 7) is 5.87. The van der Waals surface area contributed by atoms with E-state index in [1.807, 2.05) is 32.9 Å². The lowest BCUT2D eigenvalue weighted by molar-refractivity contribution is 0.0698. The fraction of sp³-hybridized carbons (Fsp3) is 0.176. The number of nitroso groups, excluding NO2 is 1. The van der Waals surface area contributed by atoms with Crippen molar-refractivity contribution in [3.05, 3.63) is 57.6 Å². The number of fused-ring (bicyclic) bond motifs is 1. The van der Waals surface area contributed by atoms with Gasteiger partial charge < -0.3 is 5.11 Å². The first-order valence-electron chi connectivity index (χ1n) is 7.10. The number of benzene rings is 1. The summed E-state index contributed by atoms with van der Waals surface area (Å²) in [7, 11) is 0. The van der Waals surface area contributed by atoms with E-state index in [0.717, 1.165) is 22.3 Å². The molecular formula is C17H15N3O3. The van der Waals surface area contributed by atoms with Crippen LogP contribution < -0.4 is 0 Å². The molecule has 0 aliphatic heterocycles. The number of imidazole rings is 1. The van der Waals surface area contributed by atoms with Crippen molar-refractivity contribution in [2.45, 2.75) is 20.8 Å². The van der Waals surface area contributed by atoms with E-state index in [9.17, 15) is 14.8 Å². The molecule has 116 valence electrons. The van der Waals surface area contributed by atoms with Gasteiger partial charge in [-0.05, 0) is 49.2 Å². The molecule has 0 bridgehead atoms. The molecular weight excluding hydrogens is 294 g/mol. The predicted octanol–water partition coefficient (Wildman–Crippen LogP) is 4.02. The molecule has 2 aromatic heterocycles. The number of pyridine rings is 1. The Morgan fingerprint density at radius 3 is 2.43 bits per heavy atom. The number of aromatic nitrogens is 2. The maximum Gasteiger partial charge on any atom is 0.339 e. The third-order valence-corrected chi connectivity index (χ3v) is 3.86. The lowest BCUT2D eigenvalue weighted by Gasteiger charge is -2.09. The Balaban J connectivity index is 2.42. The standard InChI is InChI=1S/C17H15N3O3/c1-9-7-10(2)13(11(3)8-9)14-16(19-23)20-6-4-5-12(17(21)22)15(20)18-14/h4-8H,1-3H3,(H,21,22). The highest BCUT2D eigenvalue weighted by Gasteiger charge is 2.21. The van der Waals surface area contributed by atoms with Gasteiger partial charge in [-0.1, -0.05) is 17.7 Å². The summed E-state index contributed by atoms with van der Waals surface area (Å²) in [6.07, 6.45) is 1.59. The second-order valence-electron chi connectivity index (χ2n) is 5.57. The smallest absolute Gasteiger partial charge is 0.339 e. The van der Waals surface area contributed by atoms with Gasteiger partial charge in [0.05, 0.1) is 0 Å². The zero-order valence-electron chi connectivity index (χ0n) is 13.0. The van der Waals surface area contributed by atoms with Gasteiger partial charge in [-0.3, -0.25) is 4.40 Å². The highest BCUT2D eigenvalue weighted by Crippen LogP contribution is 2.36. The first-order chi connectivity index (χ1) is 10.9. The average molecular weight is 309 g/mol. The summed E-state index contributed by atoms with van der Waals surface area (Å²) in [5, 5.41) is 12.4. The molecule has 6 heteroatoms. The van der Waals surface area contributed by atoms with Crippen LogP contribution >= 0.6 is 0 Å². The molecule has 0 amide bonds. The summed E-state index contributed by atoms with van der Waals surface area (Å²) in [4.78, 5) is 27.2. The van der Waals surface area contributed by atoms with E-state index < -0.39 is 5.97 Å². The van der Waals surface area contributed by atoms with Crippen LogP contribution in [-0.2, 0) is 0 Å². The molecule has 0 fully saturated rings. The quantitative estimate of drug-likeness (QED) is 0.740. The van der Waals surface area contributed by atoms with Gasteiger partial charge in [0.2, 0.25) is 5.82 Å². The van der Waals surface area contributed by atoms with Crippen LogP contribution in [0.3, 0.4) is 0 Å². The van der Waals surface area contributed by atoms with Crippen LogP contribution in [0.5, 0.6) is 0 Å². The molecule has 0 saturated heterocycles. The first kappa shape index (κ1) is 14.9. The number of rotatable bonds is 3. The number of hydrogen-bond acceptors (Lipinski definition) is 4. The van der Waals surface area contributed by atoms with E-state index in [0.29, 0.717) is 5.69 Å². The van der Waals surface area contributed by atoms with E-state index in [-0.39, 0.29) is 17.0 Å². The molecule has 0 radical (unpaired) electrons. The van der Waals surface area contributed by atoms with Gasteiger partial charge in [0.1, 0.15) is 11.3 Å². The number of carboxylic acid groups (broad SMARTS) is 1. The zero-order chi connectivity index (χ0) is 16.7. The molecule has 0 aliphatic rings. The molecule has 0 aliphatic carbocycles. The van der Waals surface area contributed by atoms with Crippen LogP contribution in [0.1, 0.15) is 27.0 Å². The van der Waals surface area contributed by atoms with Gasteiger partial charge in [-0.25, -0.2) is 9.78 Å². The Hall–Kier alpha value is -3.02. The number of aromatic carboxylic acids is 1. The van der Waals surface area contributed by atoms with Crippen LogP contribution in [-0.4, -0.2) is 20.5 Å². The fourth-order valence-corrected chi connectivity index (χ4v) is 3.03. The van der Waals surface area contributed by atoms with E-state index in [4.69, 9.17) is 0 Å². The highest BCUT2D eigenvalue weighted by atomic mass is 16.4. The first-order valence-corrected chi connectivity index (χ1v) is 7.10. The van der Waals surface area contributed by atoms with Crippen molar-refractivity contribution in [3.63, 3.8) is 0 Å². The number of aryl methyl sites for hydroxylation is 3. The molecule has 23 heavy (non-hydrogen) atoms. The van der Waals surface area contributed by atoms with Crippen molar-refractivity contribution in [1.29, 1.82) is 0 Å². The van der Waals surface area contributed by atoms with Crippen LogP contribution in [0, 0.1) is 25.7 Å². The number of nitrogens with zero attached hydrogens (tertiary/aromatic N) is 3. The minimum Gasteiger partial charge on any atom is -0.478 e. The Labute approximate surface area is 132 Å². The van der Waals surface area contributed by atoms with Gasteiger partial charge in [0, 0.05) is 11.8 Å². The van der Waals surface area contributed by atoms with Crippen molar-refractivity contribution >= 4 is 17.4 Å². The third kappa shape index (κ3) is 2.28. The van der Waals surface area contributed by atoms with Crippen LogP contribution in [0.25, 0.3) is 16.9 Å². The predicted molar refractivity (Wildman–Crippen MR) is 87.3 cm³/mol. The Morgan fingerprint density at radius 2 is 1.87 bits per heavy atom. The van der Waals surface area contributed by atoms with Gasteiger partial charge in [-0.15, -0.1) is 4.91 Å². The van der Waals surface area contributed by atoms with Crippen molar-refractivity contribution in [2.24, 2.45) is 5.18 Å². The molecule has 2 heterocycles. The SMILES string of the molecule is Cc1cc(C)c(-c2nc3c(C(=O)O)cccn3c2N=O)c(C)c1. The summed E-state index contributed by atoms with van der Waals surface area (Å²) >= 11 is 0. The normalized spacial score (nSPS) is 10.9. The topological polar surface area (TPSA) is 84.0 Å². The third-order valence-electron chi connectivity index (χ3n) is 3.86. The maximum atomic E-state index is 11.4. The van der Waals surface area contributed by atoms with Gasteiger partial charge >= 0.3 is 5.97 Å². The maximum absolute atomic E-state index is 11.4. The Bertz CT molecular complexity index is 934. The Kier molecular flexibility index (Phi) is 3.44. The molecule has 1 aromatic carbocycles. The van der Waals surface area contributed by atoms with E-state index in [1.54, 1.807) is 12.3 Å². The lowest BCUT2D eigenvalue weighted by Crippen LogP contribution is -1.99. The minimum atomic E-state index is -1.10. The molecule has 0 spiro atoms. The summed E-state index contributed by atoms with van der Waals surface area (Å²) in [5.74, 6) is -0.986. The van der Waals surface area contributed by atoms with Gasteiger partial charge in [-0.2, -0.15) is 0 Å². The summed E-state index contributed by atoms with van der Waals surface area (Å²) in [5.41, 5.74) is 4.50.